The SMILES string of the molecule is CC1(C)CN(C(=O)CCC2CCCCC2)CCC1(O)Cn1cc(C(=O)N2CCOCC2)c(-c2ccccc2)cc1=O. The van der Waals surface area contributed by atoms with Crippen LogP contribution in [0.5, 0.6) is 0 Å². The average molecular weight is 564 g/mol. The van der Waals surface area contributed by atoms with Gasteiger partial charge >= 0.3 is 0 Å². The van der Waals surface area contributed by atoms with E-state index in [9.17, 15) is 19.5 Å². The van der Waals surface area contributed by atoms with Gasteiger partial charge in [0.1, 0.15) is 0 Å². The first-order valence-electron chi connectivity index (χ1n) is 15.3. The van der Waals surface area contributed by atoms with E-state index in [1.165, 1.54) is 42.7 Å². The smallest absolute Gasteiger partial charge is 0.256 e. The van der Waals surface area contributed by atoms with Crippen molar-refractivity contribution >= 4 is 11.8 Å². The van der Waals surface area contributed by atoms with Crippen LogP contribution in [0.25, 0.3) is 11.1 Å². The van der Waals surface area contributed by atoms with Crippen LogP contribution < -0.4 is 5.56 Å². The summed E-state index contributed by atoms with van der Waals surface area (Å²) in [6.45, 7) is 6.84. The van der Waals surface area contributed by atoms with Gasteiger partial charge in [-0.15, -0.1) is 0 Å². The minimum absolute atomic E-state index is 0.0569. The summed E-state index contributed by atoms with van der Waals surface area (Å²) in [4.78, 5) is 43.9. The van der Waals surface area contributed by atoms with Gasteiger partial charge in [-0.2, -0.15) is 0 Å². The molecular weight excluding hydrogens is 518 g/mol. The summed E-state index contributed by atoms with van der Waals surface area (Å²) in [5, 5.41) is 12.0. The highest BCUT2D eigenvalue weighted by Crippen LogP contribution is 2.40. The number of aliphatic hydroxyl groups is 1. The zero-order valence-corrected chi connectivity index (χ0v) is 24.6. The second kappa shape index (κ2) is 12.5. The number of aromatic nitrogens is 1. The number of ether oxygens (including phenoxy) is 1. The predicted molar refractivity (Wildman–Crippen MR) is 159 cm³/mol. The number of benzene rings is 1. The lowest BCUT2D eigenvalue weighted by atomic mass is 9.69. The van der Waals surface area contributed by atoms with Gasteiger partial charge in [0.2, 0.25) is 5.91 Å². The minimum atomic E-state index is -1.22. The molecule has 3 fully saturated rings. The lowest BCUT2D eigenvalue weighted by Gasteiger charge is -2.50. The van der Waals surface area contributed by atoms with Crippen LogP contribution >= 0.6 is 0 Å². The van der Waals surface area contributed by atoms with E-state index < -0.39 is 11.0 Å². The zero-order chi connectivity index (χ0) is 29.0. The van der Waals surface area contributed by atoms with E-state index in [1.54, 1.807) is 11.1 Å². The largest absolute Gasteiger partial charge is 0.387 e. The molecule has 2 aliphatic heterocycles. The van der Waals surface area contributed by atoms with Gasteiger partial charge in [-0.05, 0) is 24.3 Å². The van der Waals surface area contributed by atoms with Crippen LogP contribution in [0.3, 0.4) is 0 Å². The molecule has 0 bridgehead atoms. The molecule has 1 saturated carbocycles. The van der Waals surface area contributed by atoms with Crippen molar-refractivity contribution in [3.63, 3.8) is 0 Å². The van der Waals surface area contributed by atoms with E-state index in [-0.39, 0.29) is 23.9 Å². The van der Waals surface area contributed by atoms with Crippen molar-refractivity contribution in [2.24, 2.45) is 11.3 Å². The molecule has 2 amide bonds. The topological polar surface area (TPSA) is 92.1 Å². The Hall–Kier alpha value is -2.97. The second-order valence-corrected chi connectivity index (χ2v) is 12.9. The van der Waals surface area contributed by atoms with Gasteiger partial charge in [0.25, 0.3) is 11.5 Å². The van der Waals surface area contributed by atoms with Crippen molar-refractivity contribution < 1.29 is 19.4 Å². The van der Waals surface area contributed by atoms with Crippen LogP contribution in [0.2, 0.25) is 0 Å². The summed E-state index contributed by atoms with van der Waals surface area (Å²) in [6.07, 6.45) is 9.81. The Bertz CT molecular complexity index is 1280. The van der Waals surface area contributed by atoms with Crippen molar-refractivity contribution in [2.45, 2.75) is 77.4 Å². The van der Waals surface area contributed by atoms with Crippen LogP contribution in [-0.2, 0) is 16.1 Å². The van der Waals surface area contributed by atoms with Gasteiger partial charge in [-0.1, -0.05) is 76.3 Å². The molecule has 1 aliphatic carbocycles. The molecule has 5 rings (SSSR count). The van der Waals surface area contributed by atoms with Crippen molar-refractivity contribution in [1.29, 1.82) is 0 Å². The Morgan fingerprint density at radius 1 is 1.00 bits per heavy atom. The summed E-state index contributed by atoms with van der Waals surface area (Å²) in [7, 11) is 0. The fraction of sp³-hybridized carbons (Fsp3) is 0.606. The van der Waals surface area contributed by atoms with Crippen molar-refractivity contribution in [2.75, 3.05) is 39.4 Å². The zero-order valence-electron chi connectivity index (χ0n) is 24.6. The first-order chi connectivity index (χ1) is 19.7. The lowest BCUT2D eigenvalue weighted by molar-refractivity contribution is -0.154. The molecule has 3 aliphatic rings. The molecule has 1 atom stereocenters. The number of carbonyl (C=O) groups is 2. The van der Waals surface area contributed by atoms with E-state index in [0.717, 1.165) is 12.0 Å². The highest BCUT2D eigenvalue weighted by atomic mass is 16.5. The lowest BCUT2D eigenvalue weighted by Crippen LogP contribution is -2.60. The van der Waals surface area contributed by atoms with E-state index in [1.807, 2.05) is 49.1 Å². The predicted octanol–water partition coefficient (Wildman–Crippen LogP) is 4.34. The summed E-state index contributed by atoms with van der Waals surface area (Å²) >= 11 is 0. The summed E-state index contributed by atoms with van der Waals surface area (Å²) < 4.78 is 6.93. The van der Waals surface area contributed by atoms with Gasteiger partial charge in [0.05, 0.1) is 30.9 Å². The highest BCUT2D eigenvalue weighted by molar-refractivity contribution is 6.00. The third-order valence-electron chi connectivity index (χ3n) is 9.66. The van der Waals surface area contributed by atoms with E-state index in [2.05, 4.69) is 0 Å². The molecule has 8 heteroatoms. The van der Waals surface area contributed by atoms with Gasteiger partial charge in [0.15, 0.2) is 0 Å². The third kappa shape index (κ3) is 6.59. The number of pyridine rings is 1. The number of rotatable bonds is 7. The molecule has 3 heterocycles. The minimum Gasteiger partial charge on any atom is -0.387 e. The Morgan fingerprint density at radius 3 is 2.39 bits per heavy atom. The number of hydrogen-bond donors (Lipinski definition) is 1. The normalized spacial score (nSPS) is 23.4. The van der Waals surface area contributed by atoms with Gasteiger partial charge in [0, 0.05) is 55.8 Å². The molecule has 41 heavy (non-hydrogen) atoms. The molecule has 2 aromatic rings. The first-order valence-corrected chi connectivity index (χ1v) is 15.3. The number of hydrogen-bond acceptors (Lipinski definition) is 5. The Labute approximate surface area is 243 Å². The first kappa shape index (κ1) is 29.5. The van der Waals surface area contributed by atoms with E-state index in [4.69, 9.17) is 4.74 Å². The second-order valence-electron chi connectivity index (χ2n) is 12.9. The average Bonchev–Trinajstić information content (AvgIpc) is 2.99. The van der Waals surface area contributed by atoms with Crippen LogP contribution in [0.4, 0.5) is 0 Å². The summed E-state index contributed by atoms with van der Waals surface area (Å²) in [5.74, 6) is 0.668. The van der Waals surface area contributed by atoms with Crippen LogP contribution in [0.15, 0.2) is 47.4 Å². The molecule has 1 N–H and O–H groups in total. The third-order valence-corrected chi connectivity index (χ3v) is 9.66. The molecule has 1 aromatic heterocycles. The van der Waals surface area contributed by atoms with Crippen molar-refractivity contribution in [3.8, 4) is 11.1 Å². The van der Waals surface area contributed by atoms with Crippen LogP contribution in [-0.4, -0.2) is 76.3 Å². The Kier molecular flexibility index (Phi) is 9.00. The summed E-state index contributed by atoms with van der Waals surface area (Å²) in [5.41, 5.74) is -0.296. The maximum atomic E-state index is 13.7. The number of amides is 2. The molecule has 0 radical (unpaired) electrons. The quantitative estimate of drug-likeness (QED) is 0.541. The molecule has 1 unspecified atom stereocenters. The number of morpholine rings is 1. The summed E-state index contributed by atoms with van der Waals surface area (Å²) in [6, 6.07) is 11.0. The molecule has 0 spiro atoms. The number of likely N-dealkylation sites (tertiary alicyclic amines) is 1. The number of carbonyl (C=O) groups excluding carboxylic acids is 2. The fourth-order valence-corrected chi connectivity index (χ4v) is 6.77. The van der Waals surface area contributed by atoms with Crippen molar-refractivity contribution in [3.05, 3.63) is 58.5 Å². The number of piperidine rings is 1. The molecule has 2 saturated heterocycles. The fourth-order valence-electron chi connectivity index (χ4n) is 6.77. The van der Waals surface area contributed by atoms with Gasteiger partial charge in [-0.25, -0.2) is 0 Å². The monoisotopic (exact) mass is 563 g/mol. The van der Waals surface area contributed by atoms with E-state index >= 15 is 0 Å². The van der Waals surface area contributed by atoms with Gasteiger partial charge < -0.3 is 24.2 Å². The molecular formula is C33H45N3O5. The van der Waals surface area contributed by atoms with Crippen LogP contribution in [0, 0.1) is 11.3 Å². The Balaban J connectivity index is 1.35. The molecule has 1 aromatic carbocycles. The standard InChI is InChI=1S/C33H45N3O5/c1-32(2)23-35(29(37)14-13-25-9-5-3-6-10-25)16-15-33(32,40)24-36-22-28(31(39)34-17-19-41-20-18-34)27(21-30(36)38)26-11-7-4-8-12-26/h4,7-8,11-12,21-22,25,40H,3,5-6,9-10,13-20,23-24H2,1-2H3. The van der Waals surface area contributed by atoms with Crippen LogP contribution in [0.1, 0.15) is 75.6 Å². The van der Waals surface area contributed by atoms with Gasteiger partial charge in [-0.3, -0.25) is 14.4 Å². The highest BCUT2D eigenvalue weighted by Gasteiger charge is 2.49. The molecule has 222 valence electrons. The van der Waals surface area contributed by atoms with Crippen molar-refractivity contribution in [1.82, 2.24) is 14.4 Å². The maximum absolute atomic E-state index is 13.7. The molecule has 8 nitrogen and oxygen atoms in total. The van der Waals surface area contributed by atoms with E-state index in [0.29, 0.717) is 69.3 Å². The number of nitrogens with zero attached hydrogens (tertiary/aromatic N) is 3. The Morgan fingerprint density at radius 2 is 1.71 bits per heavy atom. The maximum Gasteiger partial charge on any atom is 0.256 e.